The first-order valence-corrected chi connectivity index (χ1v) is 4.71. The second-order valence-electron chi connectivity index (χ2n) is 3.45. The van der Waals surface area contributed by atoms with Crippen LogP contribution in [0.3, 0.4) is 0 Å². The number of carbonyl (C=O) groups excluding carboxylic acids is 2. The van der Waals surface area contributed by atoms with Crippen LogP contribution < -0.4 is 10.1 Å². The molecule has 1 aliphatic heterocycles. The van der Waals surface area contributed by atoms with Gasteiger partial charge in [0, 0.05) is 12.0 Å². The van der Waals surface area contributed by atoms with Crippen molar-refractivity contribution in [1.82, 2.24) is 0 Å². The van der Waals surface area contributed by atoms with Crippen LogP contribution in [0.5, 0.6) is 5.75 Å². The maximum absolute atomic E-state index is 11.1. The fourth-order valence-electron chi connectivity index (χ4n) is 1.65. The highest BCUT2D eigenvalue weighted by Crippen LogP contribution is 2.33. The zero-order chi connectivity index (χ0) is 10.8. The molecule has 1 N–H and O–H groups in total. The number of aldehydes is 1. The van der Waals surface area contributed by atoms with Crippen molar-refractivity contribution in [1.29, 1.82) is 0 Å². The van der Waals surface area contributed by atoms with E-state index < -0.39 is 0 Å². The molecule has 1 heterocycles. The lowest BCUT2D eigenvalue weighted by molar-refractivity contribution is -0.118. The number of anilines is 1. The van der Waals surface area contributed by atoms with Gasteiger partial charge in [0.1, 0.15) is 12.0 Å². The summed E-state index contributed by atoms with van der Waals surface area (Å²) in [6.07, 6.45) is 1.15. The van der Waals surface area contributed by atoms with Crippen molar-refractivity contribution >= 4 is 17.9 Å². The number of aryl methyl sites for hydroxylation is 1. The average Bonchev–Trinajstić information content (AvgIpc) is 2.22. The van der Waals surface area contributed by atoms with Gasteiger partial charge in [-0.1, -0.05) is 6.07 Å². The number of fused-ring (bicyclic) bond motifs is 1. The van der Waals surface area contributed by atoms with Gasteiger partial charge in [-0.25, -0.2) is 0 Å². The average molecular weight is 205 g/mol. The van der Waals surface area contributed by atoms with E-state index in [1.807, 2.05) is 13.0 Å². The van der Waals surface area contributed by atoms with Crippen LogP contribution >= 0.6 is 0 Å². The van der Waals surface area contributed by atoms with Crippen LogP contribution in [-0.4, -0.2) is 18.8 Å². The highest BCUT2D eigenvalue weighted by molar-refractivity contribution is 5.96. The van der Waals surface area contributed by atoms with E-state index in [2.05, 4.69) is 5.32 Å². The Balaban J connectivity index is 2.49. The summed E-state index contributed by atoms with van der Waals surface area (Å²) in [6, 6.07) is 3.66. The number of nitrogens with one attached hydrogen (secondary N) is 1. The molecule has 0 aliphatic carbocycles. The molecule has 4 heteroatoms. The molecule has 1 aromatic carbocycles. The lowest BCUT2D eigenvalue weighted by Crippen LogP contribution is -2.26. The predicted molar refractivity (Wildman–Crippen MR) is 55.1 cm³/mol. The van der Waals surface area contributed by atoms with Crippen molar-refractivity contribution < 1.29 is 14.3 Å². The minimum Gasteiger partial charge on any atom is -0.481 e. The Morgan fingerprint density at radius 3 is 3.07 bits per heavy atom. The second-order valence-corrected chi connectivity index (χ2v) is 3.45. The standard InChI is InChI=1S/C11H11NO3/c1-7-2-3-9-11(8(7)4-5-13)15-6-10(14)12-9/h2-3,5H,4,6H2,1H3,(H,12,14). The van der Waals surface area contributed by atoms with Crippen LogP contribution in [0, 0.1) is 6.92 Å². The van der Waals surface area contributed by atoms with Gasteiger partial charge in [0.25, 0.3) is 5.91 Å². The molecular formula is C11H11NO3. The monoisotopic (exact) mass is 205 g/mol. The molecule has 0 bridgehead atoms. The Hall–Kier alpha value is -1.84. The largest absolute Gasteiger partial charge is 0.481 e. The molecule has 1 aromatic rings. The number of amides is 1. The van der Waals surface area contributed by atoms with Crippen molar-refractivity contribution in [2.45, 2.75) is 13.3 Å². The van der Waals surface area contributed by atoms with Crippen LogP contribution in [0.2, 0.25) is 0 Å². The Morgan fingerprint density at radius 1 is 1.53 bits per heavy atom. The van der Waals surface area contributed by atoms with E-state index in [0.717, 1.165) is 17.4 Å². The fraction of sp³-hybridized carbons (Fsp3) is 0.273. The highest BCUT2D eigenvalue weighted by Gasteiger charge is 2.19. The predicted octanol–water partition coefficient (Wildman–Crippen LogP) is 1.07. The van der Waals surface area contributed by atoms with Crippen molar-refractivity contribution in [3.8, 4) is 5.75 Å². The lowest BCUT2D eigenvalue weighted by atomic mass is 10.0. The van der Waals surface area contributed by atoms with Crippen LogP contribution in [0.4, 0.5) is 5.69 Å². The lowest BCUT2D eigenvalue weighted by Gasteiger charge is -2.21. The summed E-state index contributed by atoms with van der Waals surface area (Å²) >= 11 is 0. The zero-order valence-corrected chi connectivity index (χ0v) is 8.37. The summed E-state index contributed by atoms with van der Waals surface area (Å²) in [5.41, 5.74) is 2.49. The minimum atomic E-state index is -0.164. The van der Waals surface area contributed by atoms with E-state index in [4.69, 9.17) is 4.74 Å². The number of hydrogen-bond donors (Lipinski definition) is 1. The molecular weight excluding hydrogens is 194 g/mol. The van der Waals surface area contributed by atoms with Gasteiger partial charge in [0.05, 0.1) is 5.69 Å². The van der Waals surface area contributed by atoms with Gasteiger partial charge >= 0.3 is 0 Å². The van der Waals surface area contributed by atoms with Crippen molar-refractivity contribution in [3.05, 3.63) is 23.3 Å². The number of benzene rings is 1. The first kappa shape index (κ1) is 9.71. The molecule has 2 rings (SSSR count). The number of hydrogen-bond acceptors (Lipinski definition) is 3. The molecule has 78 valence electrons. The van der Waals surface area contributed by atoms with Gasteiger partial charge in [-0.2, -0.15) is 0 Å². The van der Waals surface area contributed by atoms with Crippen LogP contribution in [-0.2, 0) is 16.0 Å². The smallest absolute Gasteiger partial charge is 0.262 e. The maximum atomic E-state index is 11.1. The Bertz CT molecular complexity index is 426. The topological polar surface area (TPSA) is 55.4 Å². The summed E-state index contributed by atoms with van der Waals surface area (Å²) in [5, 5.41) is 2.71. The highest BCUT2D eigenvalue weighted by atomic mass is 16.5. The van der Waals surface area contributed by atoms with E-state index in [9.17, 15) is 9.59 Å². The molecule has 0 spiro atoms. The van der Waals surface area contributed by atoms with Gasteiger partial charge in [-0.05, 0) is 18.6 Å². The Morgan fingerprint density at radius 2 is 2.33 bits per heavy atom. The van der Waals surface area contributed by atoms with Crippen molar-refractivity contribution in [2.24, 2.45) is 0 Å². The normalized spacial score (nSPS) is 13.8. The molecule has 0 saturated heterocycles. The maximum Gasteiger partial charge on any atom is 0.262 e. The van der Waals surface area contributed by atoms with Gasteiger partial charge < -0.3 is 14.8 Å². The van der Waals surface area contributed by atoms with Crippen LogP contribution in [0.15, 0.2) is 12.1 Å². The van der Waals surface area contributed by atoms with Gasteiger partial charge in [-0.3, -0.25) is 4.79 Å². The van der Waals surface area contributed by atoms with E-state index in [1.54, 1.807) is 6.07 Å². The van der Waals surface area contributed by atoms with Gasteiger partial charge in [0.15, 0.2) is 6.61 Å². The summed E-state index contributed by atoms with van der Waals surface area (Å²) in [4.78, 5) is 21.6. The number of ether oxygens (including phenoxy) is 1. The molecule has 4 nitrogen and oxygen atoms in total. The van der Waals surface area contributed by atoms with E-state index >= 15 is 0 Å². The molecule has 1 amide bonds. The molecule has 0 fully saturated rings. The summed E-state index contributed by atoms with van der Waals surface area (Å²) in [5.74, 6) is 0.463. The number of carbonyl (C=O) groups is 2. The van der Waals surface area contributed by atoms with Crippen molar-refractivity contribution in [3.63, 3.8) is 0 Å². The van der Waals surface area contributed by atoms with E-state index in [0.29, 0.717) is 17.9 Å². The molecule has 1 aliphatic rings. The third-order valence-electron chi connectivity index (χ3n) is 2.40. The van der Waals surface area contributed by atoms with Gasteiger partial charge in [0.2, 0.25) is 0 Å². The third-order valence-corrected chi connectivity index (χ3v) is 2.40. The quantitative estimate of drug-likeness (QED) is 0.735. The minimum absolute atomic E-state index is 0.0162. The third kappa shape index (κ3) is 1.70. The molecule has 0 unspecified atom stereocenters. The number of rotatable bonds is 2. The molecule has 0 atom stereocenters. The Labute approximate surface area is 87.2 Å². The van der Waals surface area contributed by atoms with Crippen molar-refractivity contribution in [2.75, 3.05) is 11.9 Å². The summed E-state index contributed by atoms with van der Waals surface area (Å²) < 4.78 is 5.33. The summed E-state index contributed by atoms with van der Waals surface area (Å²) in [6.45, 7) is 1.93. The molecule has 0 radical (unpaired) electrons. The van der Waals surface area contributed by atoms with Crippen LogP contribution in [0.1, 0.15) is 11.1 Å². The fourth-order valence-corrected chi connectivity index (χ4v) is 1.65. The van der Waals surface area contributed by atoms with E-state index in [-0.39, 0.29) is 12.5 Å². The first-order valence-electron chi connectivity index (χ1n) is 4.71. The molecule has 0 aromatic heterocycles. The molecule has 15 heavy (non-hydrogen) atoms. The Kier molecular flexibility index (Phi) is 2.41. The van der Waals surface area contributed by atoms with Crippen LogP contribution in [0.25, 0.3) is 0 Å². The zero-order valence-electron chi connectivity index (χ0n) is 8.37. The SMILES string of the molecule is Cc1ccc2c(c1CC=O)OCC(=O)N2. The summed E-state index contributed by atoms with van der Waals surface area (Å²) in [7, 11) is 0. The molecule has 0 saturated carbocycles. The van der Waals surface area contributed by atoms with E-state index in [1.165, 1.54) is 0 Å². The van der Waals surface area contributed by atoms with Gasteiger partial charge in [-0.15, -0.1) is 0 Å². The first-order chi connectivity index (χ1) is 7.22. The second kappa shape index (κ2) is 3.73.